The van der Waals surface area contributed by atoms with Crippen LogP contribution in [0, 0.1) is 0 Å². The average molecular weight is 295 g/mol. The Hall–Kier alpha value is -1.53. The van der Waals surface area contributed by atoms with E-state index in [0.29, 0.717) is 0 Å². The van der Waals surface area contributed by atoms with E-state index in [1.54, 1.807) is 0 Å². The second-order valence-electron chi connectivity index (χ2n) is 5.00. The van der Waals surface area contributed by atoms with E-state index in [2.05, 4.69) is 5.32 Å². The van der Waals surface area contributed by atoms with Crippen molar-refractivity contribution < 1.29 is 19.8 Å². The third-order valence-corrected chi connectivity index (χ3v) is 4.54. The van der Waals surface area contributed by atoms with Crippen molar-refractivity contribution in [3.05, 3.63) is 35.4 Å². The quantitative estimate of drug-likeness (QED) is 0.770. The van der Waals surface area contributed by atoms with Gasteiger partial charge in [-0.15, -0.1) is 11.8 Å². The van der Waals surface area contributed by atoms with Crippen LogP contribution < -0.4 is 5.32 Å². The molecule has 2 atom stereocenters. The molecule has 1 aromatic carbocycles. The molecule has 0 radical (unpaired) electrons. The fourth-order valence-corrected chi connectivity index (χ4v) is 3.26. The third-order valence-electron chi connectivity index (χ3n) is 3.30. The fourth-order valence-electron chi connectivity index (χ4n) is 2.04. The van der Waals surface area contributed by atoms with Crippen molar-refractivity contribution in [3.63, 3.8) is 0 Å². The number of hydrogen-bond acceptors (Lipinski definition) is 4. The molecule has 0 aromatic heterocycles. The van der Waals surface area contributed by atoms with E-state index in [0.717, 1.165) is 30.2 Å². The Morgan fingerprint density at radius 1 is 1.45 bits per heavy atom. The topological polar surface area (TPSA) is 86.6 Å². The van der Waals surface area contributed by atoms with Crippen molar-refractivity contribution in [2.45, 2.75) is 24.2 Å². The van der Waals surface area contributed by atoms with Gasteiger partial charge in [0.05, 0.1) is 6.54 Å². The molecule has 1 heterocycles. The van der Waals surface area contributed by atoms with Crippen molar-refractivity contribution in [1.82, 2.24) is 5.32 Å². The Bertz CT molecular complexity index is 530. The second-order valence-corrected chi connectivity index (χ2v) is 6.21. The van der Waals surface area contributed by atoms with E-state index in [9.17, 15) is 14.7 Å². The molecule has 2 rings (SSSR count). The summed E-state index contributed by atoms with van der Waals surface area (Å²) in [6, 6.07) is 7.75. The first-order valence-electron chi connectivity index (χ1n) is 6.35. The summed E-state index contributed by atoms with van der Waals surface area (Å²) >= 11 is 1.53. The van der Waals surface area contributed by atoms with Crippen molar-refractivity contribution >= 4 is 23.6 Å². The predicted molar refractivity (Wildman–Crippen MR) is 76.6 cm³/mol. The zero-order valence-corrected chi connectivity index (χ0v) is 11.9. The number of rotatable bonds is 4. The van der Waals surface area contributed by atoms with E-state index in [-0.39, 0.29) is 17.7 Å². The number of carbonyl (C=O) groups is 2. The van der Waals surface area contributed by atoms with Crippen LogP contribution >= 0.6 is 11.8 Å². The van der Waals surface area contributed by atoms with Crippen LogP contribution in [0.3, 0.4) is 0 Å². The molecule has 0 fully saturated rings. The number of aliphatic hydroxyl groups is 1. The molecule has 3 N–H and O–H groups in total. The molecule has 6 heteroatoms. The number of aryl methyl sites for hydroxylation is 1. The lowest BCUT2D eigenvalue weighted by Crippen LogP contribution is -2.47. The van der Waals surface area contributed by atoms with Gasteiger partial charge in [-0.1, -0.05) is 24.3 Å². The predicted octanol–water partition coefficient (Wildman–Crippen LogP) is 0.969. The Labute approximate surface area is 121 Å². The van der Waals surface area contributed by atoms with E-state index in [1.807, 2.05) is 24.3 Å². The minimum Gasteiger partial charge on any atom is -0.479 e. The first kappa shape index (κ1) is 14.9. The van der Waals surface area contributed by atoms with Gasteiger partial charge >= 0.3 is 5.97 Å². The molecular weight excluding hydrogens is 278 g/mol. The molecule has 5 nitrogen and oxygen atoms in total. The van der Waals surface area contributed by atoms with Gasteiger partial charge in [-0.3, -0.25) is 4.79 Å². The summed E-state index contributed by atoms with van der Waals surface area (Å²) in [5.41, 5.74) is 0.168. The fraction of sp³-hybridized carbons (Fsp3) is 0.429. The van der Waals surface area contributed by atoms with Crippen LogP contribution in [0.2, 0.25) is 0 Å². The van der Waals surface area contributed by atoms with Gasteiger partial charge < -0.3 is 15.5 Å². The summed E-state index contributed by atoms with van der Waals surface area (Å²) < 4.78 is 0. The molecule has 0 spiro atoms. The van der Waals surface area contributed by atoms with Gasteiger partial charge in [-0.25, -0.2) is 4.79 Å². The highest BCUT2D eigenvalue weighted by Gasteiger charge is 2.33. The third kappa shape index (κ3) is 3.13. The van der Waals surface area contributed by atoms with Crippen molar-refractivity contribution in [3.8, 4) is 0 Å². The Kier molecular flexibility index (Phi) is 4.35. The molecule has 1 aliphatic heterocycles. The highest BCUT2D eigenvalue weighted by Crippen LogP contribution is 2.36. The van der Waals surface area contributed by atoms with E-state index in [4.69, 9.17) is 5.11 Å². The number of nitrogens with one attached hydrogen (secondary N) is 1. The highest BCUT2D eigenvalue weighted by molar-refractivity contribution is 8.00. The number of hydrogen-bond donors (Lipinski definition) is 3. The highest BCUT2D eigenvalue weighted by atomic mass is 32.2. The molecule has 2 unspecified atom stereocenters. The van der Waals surface area contributed by atoms with Crippen LogP contribution in [0.4, 0.5) is 0 Å². The Balaban J connectivity index is 2.06. The SMILES string of the molecule is CC(O)(CNC(=O)C1SCCc2ccccc21)C(=O)O. The molecule has 1 aromatic rings. The first-order chi connectivity index (χ1) is 9.42. The maximum Gasteiger partial charge on any atom is 0.337 e. The smallest absolute Gasteiger partial charge is 0.337 e. The number of thioether (sulfide) groups is 1. The monoisotopic (exact) mass is 295 g/mol. The van der Waals surface area contributed by atoms with E-state index < -0.39 is 11.6 Å². The lowest BCUT2D eigenvalue weighted by molar-refractivity contribution is -0.156. The summed E-state index contributed by atoms with van der Waals surface area (Å²) in [4.78, 5) is 23.0. The number of carboxylic acids is 1. The molecule has 0 aliphatic carbocycles. The molecule has 0 saturated carbocycles. The van der Waals surface area contributed by atoms with Crippen molar-refractivity contribution in [2.75, 3.05) is 12.3 Å². The number of aliphatic carboxylic acids is 1. The van der Waals surface area contributed by atoms with Gasteiger partial charge in [-0.2, -0.15) is 0 Å². The molecular formula is C14H17NO4S. The van der Waals surface area contributed by atoms with E-state index in [1.165, 1.54) is 11.8 Å². The Morgan fingerprint density at radius 3 is 2.85 bits per heavy atom. The second kappa shape index (κ2) is 5.85. The van der Waals surface area contributed by atoms with Crippen LogP contribution in [0.5, 0.6) is 0 Å². The number of carboxylic acid groups (broad SMARTS) is 1. The standard InChI is InChI=1S/C14H17NO4S/c1-14(19,13(17)18)8-15-12(16)11-10-5-3-2-4-9(10)6-7-20-11/h2-5,11,19H,6-8H2,1H3,(H,15,16)(H,17,18). The van der Waals surface area contributed by atoms with Gasteiger partial charge in [0.2, 0.25) is 5.91 Å². The van der Waals surface area contributed by atoms with Gasteiger partial charge in [0.25, 0.3) is 0 Å². The van der Waals surface area contributed by atoms with Crippen molar-refractivity contribution in [2.24, 2.45) is 0 Å². The van der Waals surface area contributed by atoms with Crippen molar-refractivity contribution in [1.29, 1.82) is 0 Å². The summed E-state index contributed by atoms with van der Waals surface area (Å²) in [5.74, 6) is -0.761. The maximum atomic E-state index is 12.2. The summed E-state index contributed by atoms with van der Waals surface area (Å²) in [5, 5.41) is 20.6. The van der Waals surface area contributed by atoms with Crippen LogP contribution in [0.15, 0.2) is 24.3 Å². The number of fused-ring (bicyclic) bond motifs is 1. The number of benzene rings is 1. The number of amides is 1. The van der Waals surface area contributed by atoms with Gasteiger partial charge in [0, 0.05) is 0 Å². The lowest BCUT2D eigenvalue weighted by Gasteiger charge is -2.26. The lowest BCUT2D eigenvalue weighted by atomic mass is 10.0. The van der Waals surface area contributed by atoms with E-state index >= 15 is 0 Å². The average Bonchev–Trinajstić information content (AvgIpc) is 2.44. The molecule has 0 saturated heterocycles. The molecule has 1 aliphatic rings. The van der Waals surface area contributed by atoms with Crippen LogP contribution in [0.1, 0.15) is 23.3 Å². The minimum atomic E-state index is -1.95. The van der Waals surface area contributed by atoms with Crippen LogP contribution in [0.25, 0.3) is 0 Å². The van der Waals surface area contributed by atoms with Crippen LogP contribution in [-0.4, -0.2) is 40.0 Å². The number of carbonyl (C=O) groups excluding carboxylic acids is 1. The molecule has 108 valence electrons. The zero-order chi connectivity index (χ0) is 14.8. The summed E-state index contributed by atoms with van der Waals surface area (Å²) in [6.45, 7) is 0.859. The Morgan fingerprint density at radius 2 is 2.15 bits per heavy atom. The normalized spacial score (nSPS) is 20.6. The molecule has 0 bridgehead atoms. The maximum absolute atomic E-state index is 12.2. The first-order valence-corrected chi connectivity index (χ1v) is 7.39. The van der Waals surface area contributed by atoms with Gasteiger partial charge in [-0.05, 0) is 30.2 Å². The largest absolute Gasteiger partial charge is 0.479 e. The van der Waals surface area contributed by atoms with Gasteiger partial charge in [0.15, 0.2) is 5.60 Å². The summed E-state index contributed by atoms with van der Waals surface area (Å²) in [6.07, 6.45) is 0.928. The zero-order valence-electron chi connectivity index (χ0n) is 11.1. The molecule has 20 heavy (non-hydrogen) atoms. The van der Waals surface area contributed by atoms with Gasteiger partial charge in [0.1, 0.15) is 5.25 Å². The summed E-state index contributed by atoms with van der Waals surface area (Å²) in [7, 11) is 0. The molecule has 1 amide bonds. The minimum absolute atomic E-state index is 0.260. The van der Waals surface area contributed by atoms with Crippen LogP contribution in [-0.2, 0) is 16.0 Å².